The molecule has 0 aliphatic rings. The summed E-state index contributed by atoms with van der Waals surface area (Å²) in [6.45, 7) is 0. The van der Waals surface area contributed by atoms with Crippen LogP contribution in [0.25, 0.3) is 17.0 Å². The van der Waals surface area contributed by atoms with Crippen molar-refractivity contribution in [2.45, 2.75) is 0 Å². The van der Waals surface area contributed by atoms with Crippen LogP contribution in [-0.4, -0.2) is 15.6 Å². The van der Waals surface area contributed by atoms with Crippen LogP contribution < -0.4 is 4.74 Å². The molecule has 3 rings (SSSR count). The third-order valence-electron chi connectivity index (χ3n) is 3.52. The number of carbonyl (C=O) groups is 1. The second kappa shape index (κ2) is 6.37. The van der Waals surface area contributed by atoms with E-state index in [0.29, 0.717) is 17.1 Å². The van der Waals surface area contributed by atoms with Gasteiger partial charge in [-0.3, -0.25) is 0 Å². The zero-order valence-corrected chi connectivity index (χ0v) is 13.4. The van der Waals surface area contributed by atoms with E-state index in [-0.39, 0.29) is 5.02 Å². The highest BCUT2D eigenvalue weighted by Gasteiger charge is 2.13. The normalized spacial score (nSPS) is 11.3. The maximum absolute atomic E-state index is 13.2. The summed E-state index contributed by atoms with van der Waals surface area (Å²) < 4.78 is 20.9. The van der Waals surface area contributed by atoms with Crippen molar-refractivity contribution in [3.63, 3.8) is 0 Å². The number of halogens is 2. The number of nitrogens with zero attached hydrogens (tertiary/aromatic N) is 1. The van der Waals surface area contributed by atoms with E-state index in [4.69, 9.17) is 21.4 Å². The van der Waals surface area contributed by atoms with E-state index in [0.717, 1.165) is 17.0 Å². The molecule has 0 spiro atoms. The van der Waals surface area contributed by atoms with Crippen molar-refractivity contribution in [3.8, 4) is 11.5 Å². The smallest absolute Gasteiger partial charge is 0.328 e. The van der Waals surface area contributed by atoms with Gasteiger partial charge in [-0.25, -0.2) is 9.18 Å². The van der Waals surface area contributed by atoms with Gasteiger partial charge in [0.05, 0.1) is 10.5 Å². The van der Waals surface area contributed by atoms with Crippen molar-refractivity contribution in [1.82, 2.24) is 4.57 Å². The Hall–Kier alpha value is -2.79. The van der Waals surface area contributed by atoms with Crippen molar-refractivity contribution in [2.75, 3.05) is 0 Å². The predicted octanol–water partition coefficient (Wildman–Crippen LogP) is 4.86. The lowest BCUT2D eigenvalue weighted by Crippen LogP contribution is -1.89. The van der Waals surface area contributed by atoms with Crippen molar-refractivity contribution in [1.29, 1.82) is 0 Å². The van der Waals surface area contributed by atoms with Crippen molar-refractivity contribution >= 4 is 34.5 Å². The van der Waals surface area contributed by atoms with Crippen molar-refractivity contribution in [2.24, 2.45) is 7.05 Å². The molecular weight excluding hydrogens is 333 g/mol. The van der Waals surface area contributed by atoms with Gasteiger partial charge in [0.15, 0.2) is 0 Å². The van der Waals surface area contributed by atoms with E-state index in [9.17, 15) is 9.18 Å². The molecule has 0 aliphatic carbocycles. The Kier molecular flexibility index (Phi) is 4.27. The summed E-state index contributed by atoms with van der Waals surface area (Å²) in [5, 5.41) is 9.75. The largest absolute Gasteiger partial charge is 0.478 e. The van der Waals surface area contributed by atoms with Crippen LogP contribution in [0.5, 0.6) is 11.5 Å². The second-order valence-electron chi connectivity index (χ2n) is 5.19. The number of rotatable bonds is 4. The molecule has 0 atom stereocenters. The first kappa shape index (κ1) is 16.1. The summed E-state index contributed by atoms with van der Waals surface area (Å²) in [4.78, 5) is 10.8. The molecule has 6 heteroatoms. The lowest BCUT2D eigenvalue weighted by atomic mass is 10.1. The molecule has 0 aliphatic heterocycles. The zero-order chi connectivity index (χ0) is 17.3. The van der Waals surface area contributed by atoms with Gasteiger partial charge < -0.3 is 14.4 Å². The van der Waals surface area contributed by atoms with Gasteiger partial charge in [-0.2, -0.15) is 0 Å². The highest BCUT2D eigenvalue weighted by molar-refractivity contribution is 6.32. The maximum Gasteiger partial charge on any atom is 0.328 e. The molecule has 3 aromatic rings. The van der Waals surface area contributed by atoms with Crippen LogP contribution in [-0.2, 0) is 11.8 Å². The van der Waals surface area contributed by atoms with E-state index in [1.165, 1.54) is 24.3 Å². The molecule has 0 radical (unpaired) electrons. The van der Waals surface area contributed by atoms with Gasteiger partial charge in [0, 0.05) is 30.3 Å². The molecule has 1 heterocycles. The molecule has 0 saturated carbocycles. The van der Waals surface area contributed by atoms with Crippen molar-refractivity contribution < 1.29 is 19.0 Å². The van der Waals surface area contributed by atoms with Crippen LogP contribution in [0.2, 0.25) is 5.02 Å². The number of aryl methyl sites for hydroxylation is 1. The third-order valence-corrected chi connectivity index (χ3v) is 3.82. The molecule has 4 nitrogen and oxygen atoms in total. The summed E-state index contributed by atoms with van der Waals surface area (Å²) in [5.74, 6) is -0.656. The fourth-order valence-electron chi connectivity index (χ4n) is 2.50. The minimum Gasteiger partial charge on any atom is -0.478 e. The lowest BCUT2D eigenvalue weighted by molar-refractivity contribution is -0.131. The molecule has 1 aromatic heterocycles. The Morgan fingerprint density at radius 1 is 1.29 bits per heavy atom. The summed E-state index contributed by atoms with van der Waals surface area (Å²) >= 11 is 6.02. The molecule has 1 N–H and O–H groups in total. The third kappa shape index (κ3) is 3.12. The summed E-state index contributed by atoms with van der Waals surface area (Å²) in [6, 6.07) is 9.35. The minimum absolute atomic E-state index is 0.158. The molecule has 122 valence electrons. The van der Waals surface area contributed by atoms with Crippen LogP contribution in [0.3, 0.4) is 0 Å². The van der Waals surface area contributed by atoms with Crippen LogP contribution in [0.15, 0.2) is 48.7 Å². The van der Waals surface area contributed by atoms with Gasteiger partial charge in [0.2, 0.25) is 0 Å². The number of fused-ring (bicyclic) bond motifs is 1. The molecule has 0 unspecified atom stereocenters. The van der Waals surface area contributed by atoms with Gasteiger partial charge in [-0.05, 0) is 36.4 Å². The highest BCUT2D eigenvalue weighted by Crippen LogP contribution is 2.36. The first-order valence-corrected chi connectivity index (χ1v) is 7.45. The van der Waals surface area contributed by atoms with Gasteiger partial charge in [-0.1, -0.05) is 17.7 Å². The van der Waals surface area contributed by atoms with Crippen LogP contribution >= 0.6 is 11.6 Å². The van der Waals surface area contributed by atoms with Gasteiger partial charge in [-0.15, -0.1) is 0 Å². The fraction of sp³-hybridized carbons (Fsp3) is 0.0556. The first-order chi connectivity index (χ1) is 11.5. The van der Waals surface area contributed by atoms with E-state index in [1.807, 2.05) is 29.9 Å². The average molecular weight is 346 g/mol. The molecule has 0 saturated heterocycles. The Bertz CT molecular complexity index is 962. The van der Waals surface area contributed by atoms with Crippen LogP contribution in [0.4, 0.5) is 4.39 Å². The number of aromatic nitrogens is 1. The number of benzene rings is 2. The Balaban J connectivity index is 2.12. The standard InChI is InChI=1S/C18H13ClFNO3/c1-21-10-11(5-8-17(22)23)18-14(21)3-2-4-16(18)24-15-7-6-12(20)9-13(15)19/h2-10H,1H3,(H,22,23). The Morgan fingerprint density at radius 3 is 2.79 bits per heavy atom. The van der Waals surface area contributed by atoms with Crippen molar-refractivity contribution in [3.05, 3.63) is 65.1 Å². The number of hydrogen-bond acceptors (Lipinski definition) is 2. The number of hydrogen-bond donors (Lipinski definition) is 1. The maximum atomic E-state index is 13.2. The minimum atomic E-state index is -1.04. The SMILES string of the molecule is Cn1cc(C=CC(=O)O)c2c(Oc3ccc(F)cc3Cl)cccc21. The quantitative estimate of drug-likeness (QED) is 0.687. The van der Waals surface area contributed by atoms with E-state index in [1.54, 1.807) is 6.07 Å². The summed E-state index contributed by atoms with van der Waals surface area (Å²) in [5.41, 5.74) is 1.57. The van der Waals surface area contributed by atoms with Crippen LogP contribution in [0, 0.1) is 5.82 Å². The molecule has 0 bridgehead atoms. The fourth-order valence-corrected chi connectivity index (χ4v) is 2.70. The van der Waals surface area contributed by atoms with Gasteiger partial charge >= 0.3 is 5.97 Å². The monoisotopic (exact) mass is 345 g/mol. The number of aliphatic carboxylic acids is 1. The first-order valence-electron chi connectivity index (χ1n) is 7.07. The van der Waals surface area contributed by atoms with E-state index >= 15 is 0 Å². The molecular formula is C18H13ClFNO3. The van der Waals surface area contributed by atoms with E-state index in [2.05, 4.69) is 0 Å². The average Bonchev–Trinajstić information content (AvgIpc) is 2.85. The number of ether oxygens (including phenoxy) is 1. The summed E-state index contributed by atoms with van der Waals surface area (Å²) in [7, 11) is 1.86. The number of carboxylic acid groups (broad SMARTS) is 1. The lowest BCUT2D eigenvalue weighted by Gasteiger charge is -2.10. The topological polar surface area (TPSA) is 51.5 Å². The highest BCUT2D eigenvalue weighted by atomic mass is 35.5. The Labute approximate surface area is 142 Å². The second-order valence-corrected chi connectivity index (χ2v) is 5.60. The van der Waals surface area contributed by atoms with Gasteiger partial charge in [0.1, 0.15) is 17.3 Å². The van der Waals surface area contributed by atoms with Crippen LogP contribution in [0.1, 0.15) is 5.56 Å². The Morgan fingerprint density at radius 2 is 2.08 bits per heavy atom. The van der Waals surface area contributed by atoms with Gasteiger partial charge in [0.25, 0.3) is 0 Å². The molecule has 0 amide bonds. The molecule has 24 heavy (non-hydrogen) atoms. The zero-order valence-electron chi connectivity index (χ0n) is 12.7. The van der Waals surface area contributed by atoms with E-state index < -0.39 is 11.8 Å². The number of carboxylic acids is 1. The summed E-state index contributed by atoms with van der Waals surface area (Å²) in [6.07, 6.45) is 4.38. The molecule has 2 aromatic carbocycles. The predicted molar refractivity (Wildman–Crippen MR) is 91.1 cm³/mol. The molecule has 0 fully saturated rings.